The van der Waals surface area contributed by atoms with Crippen molar-refractivity contribution >= 4 is 27.3 Å². The van der Waals surface area contributed by atoms with Crippen molar-refractivity contribution in [3.05, 3.63) is 67.4 Å². The minimum Gasteiger partial charge on any atom is -0.381 e. The molecule has 0 amide bonds. The predicted octanol–water partition coefficient (Wildman–Crippen LogP) is 4.73. The van der Waals surface area contributed by atoms with E-state index in [1.807, 2.05) is 6.92 Å². The Kier molecular flexibility index (Phi) is 4.57. The van der Waals surface area contributed by atoms with Crippen molar-refractivity contribution in [2.24, 2.45) is 0 Å². The summed E-state index contributed by atoms with van der Waals surface area (Å²) < 4.78 is 13.6. The van der Waals surface area contributed by atoms with Crippen LogP contribution in [0.3, 0.4) is 0 Å². The second-order valence-electron chi connectivity index (χ2n) is 4.81. The standard InChI is InChI=1S/C15H14BrFN2O2/c1-9-6-15(19(20)21)10(2)5-14(9)18-8-11-3-4-13(17)12(16)7-11/h3-7,18H,8H2,1-2H3. The average Bonchev–Trinajstić information content (AvgIpc) is 2.42. The number of nitrogens with zero attached hydrogens (tertiary/aromatic N) is 1. The van der Waals surface area contributed by atoms with E-state index >= 15 is 0 Å². The number of benzene rings is 2. The topological polar surface area (TPSA) is 55.2 Å². The summed E-state index contributed by atoms with van der Waals surface area (Å²) in [7, 11) is 0. The summed E-state index contributed by atoms with van der Waals surface area (Å²) in [5, 5.41) is 14.1. The highest BCUT2D eigenvalue weighted by molar-refractivity contribution is 9.10. The molecule has 110 valence electrons. The Hall–Kier alpha value is -1.95. The van der Waals surface area contributed by atoms with Gasteiger partial charge >= 0.3 is 0 Å². The van der Waals surface area contributed by atoms with Crippen LogP contribution in [0.2, 0.25) is 0 Å². The molecule has 0 unspecified atom stereocenters. The summed E-state index contributed by atoms with van der Waals surface area (Å²) in [6.45, 7) is 4.03. The Labute approximate surface area is 130 Å². The average molecular weight is 353 g/mol. The van der Waals surface area contributed by atoms with Crippen LogP contribution >= 0.6 is 15.9 Å². The van der Waals surface area contributed by atoms with Crippen LogP contribution in [0.25, 0.3) is 0 Å². The minimum atomic E-state index is -0.386. The summed E-state index contributed by atoms with van der Waals surface area (Å²) in [6.07, 6.45) is 0. The lowest BCUT2D eigenvalue weighted by atomic mass is 10.1. The fraction of sp³-hybridized carbons (Fsp3) is 0.200. The van der Waals surface area contributed by atoms with Crippen LogP contribution in [0.4, 0.5) is 15.8 Å². The molecular weight excluding hydrogens is 339 g/mol. The smallest absolute Gasteiger partial charge is 0.272 e. The number of nitro groups is 1. The third-order valence-electron chi connectivity index (χ3n) is 3.21. The quantitative estimate of drug-likeness (QED) is 0.639. The molecule has 0 aliphatic heterocycles. The van der Waals surface area contributed by atoms with E-state index in [0.717, 1.165) is 16.8 Å². The first-order valence-electron chi connectivity index (χ1n) is 6.32. The molecule has 0 atom stereocenters. The van der Waals surface area contributed by atoms with E-state index in [2.05, 4.69) is 21.2 Å². The van der Waals surface area contributed by atoms with Gasteiger partial charge in [0, 0.05) is 23.9 Å². The van der Waals surface area contributed by atoms with Crippen LogP contribution in [0, 0.1) is 29.8 Å². The van der Waals surface area contributed by atoms with Gasteiger partial charge in [0.25, 0.3) is 5.69 Å². The van der Waals surface area contributed by atoms with Gasteiger partial charge in [-0.15, -0.1) is 0 Å². The highest BCUT2D eigenvalue weighted by Gasteiger charge is 2.13. The second kappa shape index (κ2) is 6.22. The maximum absolute atomic E-state index is 13.2. The van der Waals surface area contributed by atoms with Crippen LogP contribution in [0.15, 0.2) is 34.8 Å². The van der Waals surface area contributed by atoms with E-state index in [4.69, 9.17) is 0 Å². The number of halogens is 2. The van der Waals surface area contributed by atoms with Crippen LogP contribution in [-0.2, 0) is 6.54 Å². The van der Waals surface area contributed by atoms with E-state index in [1.165, 1.54) is 6.07 Å². The highest BCUT2D eigenvalue weighted by atomic mass is 79.9. The van der Waals surface area contributed by atoms with E-state index in [0.29, 0.717) is 16.6 Å². The van der Waals surface area contributed by atoms with Crippen molar-refractivity contribution in [2.75, 3.05) is 5.32 Å². The molecule has 4 nitrogen and oxygen atoms in total. The first-order chi connectivity index (χ1) is 9.88. The van der Waals surface area contributed by atoms with Crippen molar-refractivity contribution < 1.29 is 9.31 Å². The van der Waals surface area contributed by atoms with Gasteiger partial charge in [0.1, 0.15) is 5.82 Å². The number of hydrogen-bond donors (Lipinski definition) is 1. The van der Waals surface area contributed by atoms with Crippen molar-refractivity contribution in [1.29, 1.82) is 0 Å². The maximum atomic E-state index is 13.2. The Balaban J connectivity index is 2.18. The third kappa shape index (κ3) is 3.58. The fourth-order valence-electron chi connectivity index (χ4n) is 2.03. The fourth-order valence-corrected chi connectivity index (χ4v) is 2.46. The maximum Gasteiger partial charge on any atom is 0.272 e. The van der Waals surface area contributed by atoms with Crippen LogP contribution < -0.4 is 5.32 Å². The second-order valence-corrected chi connectivity index (χ2v) is 5.67. The molecule has 0 aliphatic rings. The van der Waals surface area contributed by atoms with Crippen molar-refractivity contribution in [3.8, 4) is 0 Å². The SMILES string of the molecule is Cc1cc([N+](=O)[O-])c(C)cc1NCc1ccc(F)c(Br)c1. The summed E-state index contributed by atoms with van der Waals surface area (Å²) in [5.74, 6) is -0.305. The van der Waals surface area contributed by atoms with Crippen molar-refractivity contribution in [3.63, 3.8) is 0 Å². The number of nitro benzene ring substituents is 1. The third-order valence-corrected chi connectivity index (χ3v) is 3.81. The molecule has 0 bridgehead atoms. The van der Waals surface area contributed by atoms with Gasteiger partial charge in [0.2, 0.25) is 0 Å². The van der Waals surface area contributed by atoms with Gasteiger partial charge in [0.05, 0.1) is 9.40 Å². The molecule has 0 heterocycles. The Morgan fingerprint density at radius 1 is 1.24 bits per heavy atom. The molecule has 2 rings (SSSR count). The van der Waals surface area contributed by atoms with Gasteiger partial charge in [-0.25, -0.2) is 4.39 Å². The lowest BCUT2D eigenvalue weighted by Gasteiger charge is -2.11. The number of anilines is 1. The van der Waals surface area contributed by atoms with E-state index < -0.39 is 0 Å². The van der Waals surface area contributed by atoms with Crippen molar-refractivity contribution in [2.45, 2.75) is 20.4 Å². The number of nitrogens with one attached hydrogen (secondary N) is 1. The van der Waals surface area contributed by atoms with Gasteiger partial charge in [0.15, 0.2) is 0 Å². The molecule has 0 aromatic heterocycles. The summed E-state index contributed by atoms with van der Waals surface area (Å²) >= 11 is 3.15. The van der Waals surface area contributed by atoms with E-state index in [-0.39, 0.29) is 16.4 Å². The first kappa shape index (κ1) is 15.4. The Morgan fingerprint density at radius 3 is 2.57 bits per heavy atom. The molecule has 1 N–H and O–H groups in total. The van der Waals surface area contributed by atoms with Crippen LogP contribution in [0.1, 0.15) is 16.7 Å². The van der Waals surface area contributed by atoms with Gasteiger partial charge < -0.3 is 5.32 Å². The molecular formula is C15H14BrFN2O2. The number of aryl methyl sites for hydroxylation is 2. The van der Waals surface area contributed by atoms with Crippen LogP contribution in [0.5, 0.6) is 0 Å². The zero-order chi connectivity index (χ0) is 15.6. The van der Waals surface area contributed by atoms with Gasteiger partial charge in [-0.3, -0.25) is 10.1 Å². The predicted molar refractivity (Wildman–Crippen MR) is 84.0 cm³/mol. The largest absolute Gasteiger partial charge is 0.381 e. The lowest BCUT2D eigenvalue weighted by Crippen LogP contribution is -2.03. The molecule has 2 aromatic rings. The molecule has 0 saturated heterocycles. The Morgan fingerprint density at radius 2 is 1.95 bits per heavy atom. The molecule has 21 heavy (non-hydrogen) atoms. The summed E-state index contributed by atoms with van der Waals surface area (Å²) in [5.41, 5.74) is 3.27. The Bertz CT molecular complexity index is 704. The molecule has 6 heteroatoms. The zero-order valence-corrected chi connectivity index (χ0v) is 13.2. The first-order valence-corrected chi connectivity index (χ1v) is 7.11. The minimum absolute atomic E-state index is 0.113. The van der Waals surface area contributed by atoms with Gasteiger partial charge in [-0.05, 0) is 59.1 Å². The molecule has 2 aromatic carbocycles. The van der Waals surface area contributed by atoms with Gasteiger partial charge in [-0.2, -0.15) is 0 Å². The van der Waals surface area contributed by atoms with Crippen LogP contribution in [-0.4, -0.2) is 4.92 Å². The lowest BCUT2D eigenvalue weighted by molar-refractivity contribution is -0.385. The molecule has 0 aliphatic carbocycles. The summed E-state index contributed by atoms with van der Waals surface area (Å²) in [6, 6.07) is 8.11. The zero-order valence-electron chi connectivity index (χ0n) is 11.6. The summed E-state index contributed by atoms with van der Waals surface area (Å²) in [4.78, 5) is 10.5. The molecule has 0 spiro atoms. The molecule has 0 saturated carbocycles. The number of hydrogen-bond acceptors (Lipinski definition) is 3. The monoisotopic (exact) mass is 352 g/mol. The highest BCUT2D eigenvalue weighted by Crippen LogP contribution is 2.26. The normalized spacial score (nSPS) is 10.5. The van der Waals surface area contributed by atoms with E-state index in [9.17, 15) is 14.5 Å². The van der Waals surface area contributed by atoms with Gasteiger partial charge in [-0.1, -0.05) is 6.07 Å². The number of rotatable bonds is 4. The van der Waals surface area contributed by atoms with Crippen molar-refractivity contribution in [1.82, 2.24) is 0 Å². The molecule has 0 fully saturated rings. The molecule has 0 radical (unpaired) electrons. The van der Waals surface area contributed by atoms with E-state index in [1.54, 1.807) is 31.2 Å².